The third kappa shape index (κ3) is 2.61. The molecule has 0 bridgehead atoms. The molecule has 4 aromatic rings. The number of aromatic nitrogens is 1. The maximum absolute atomic E-state index is 12.5. The fourth-order valence-corrected chi connectivity index (χ4v) is 3.67. The van der Waals surface area contributed by atoms with Gasteiger partial charge in [-0.3, -0.25) is 0 Å². The van der Waals surface area contributed by atoms with Crippen LogP contribution in [-0.2, 0) is 4.74 Å². The van der Waals surface area contributed by atoms with Gasteiger partial charge in [0.15, 0.2) is 0 Å². The van der Waals surface area contributed by atoms with E-state index >= 15 is 0 Å². The molecule has 0 saturated carbocycles. The third-order valence-corrected chi connectivity index (χ3v) is 4.92. The van der Waals surface area contributed by atoms with E-state index in [-0.39, 0.29) is 5.97 Å². The topological polar surface area (TPSA) is 88.7 Å². The van der Waals surface area contributed by atoms with Gasteiger partial charge in [-0.15, -0.1) is 0 Å². The van der Waals surface area contributed by atoms with Crippen molar-refractivity contribution in [3.8, 4) is 5.75 Å². The summed E-state index contributed by atoms with van der Waals surface area (Å²) in [6.07, 6.45) is 0. The number of fused-ring (bicyclic) bond motifs is 6. The van der Waals surface area contributed by atoms with E-state index in [9.17, 15) is 4.79 Å². The lowest BCUT2D eigenvalue weighted by Crippen LogP contribution is -2.05. The van der Waals surface area contributed by atoms with Crippen LogP contribution in [0.3, 0.4) is 0 Å². The van der Waals surface area contributed by atoms with Crippen LogP contribution in [0.2, 0.25) is 0 Å². The number of ether oxygens (including phenoxy) is 2. The highest BCUT2D eigenvalue weighted by molar-refractivity contribution is 6.14. The molecule has 0 spiro atoms. The predicted octanol–water partition coefficient (Wildman–Crippen LogP) is 5.68. The van der Waals surface area contributed by atoms with Crippen molar-refractivity contribution in [2.75, 3.05) is 13.7 Å². The average molecular weight is 374 g/mol. The van der Waals surface area contributed by atoms with Crippen LogP contribution in [0.25, 0.3) is 37.6 Å². The smallest absolute Gasteiger partial charge is 0.339 e. The molecule has 0 aliphatic rings. The number of carbonyl (C=O) groups is 1. The first-order chi connectivity index (χ1) is 13.6. The Hall–Kier alpha value is -3.70. The van der Waals surface area contributed by atoms with Crippen LogP contribution in [0.4, 0.5) is 5.69 Å². The number of pyridine rings is 1. The Morgan fingerprint density at radius 3 is 2.57 bits per heavy atom. The number of azide groups is 1. The van der Waals surface area contributed by atoms with Gasteiger partial charge in [-0.2, -0.15) is 0 Å². The SMILES string of the molecule is CCOC(=O)c1cc2c3cc(OC)ccc3c3ccc(N=[N+]=[N-])cc3n2c1C. The lowest BCUT2D eigenvalue weighted by atomic mass is 10.0. The van der Waals surface area contributed by atoms with Gasteiger partial charge < -0.3 is 13.9 Å². The molecule has 0 N–H and O–H groups in total. The molecule has 0 atom stereocenters. The molecular formula is C21H18N4O3. The molecule has 2 aromatic heterocycles. The van der Waals surface area contributed by atoms with Gasteiger partial charge in [0.1, 0.15) is 5.75 Å². The van der Waals surface area contributed by atoms with Gasteiger partial charge in [0.2, 0.25) is 0 Å². The molecule has 140 valence electrons. The largest absolute Gasteiger partial charge is 0.497 e. The van der Waals surface area contributed by atoms with Crippen LogP contribution < -0.4 is 4.74 Å². The normalized spacial score (nSPS) is 11.0. The Kier molecular flexibility index (Phi) is 4.29. The molecule has 0 fully saturated rings. The van der Waals surface area contributed by atoms with Gasteiger partial charge in [0.05, 0.1) is 30.3 Å². The molecular weight excluding hydrogens is 356 g/mol. The molecule has 0 radical (unpaired) electrons. The van der Waals surface area contributed by atoms with Crippen molar-refractivity contribution < 1.29 is 14.3 Å². The molecule has 0 unspecified atom stereocenters. The van der Waals surface area contributed by atoms with Gasteiger partial charge >= 0.3 is 5.97 Å². The number of methoxy groups -OCH3 is 1. The first-order valence-electron chi connectivity index (χ1n) is 8.86. The minimum Gasteiger partial charge on any atom is -0.497 e. The van der Waals surface area contributed by atoms with Gasteiger partial charge in [0.25, 0.3) is 0 Å². The van der Waals surface area contributed by atoms with Gasteiger partial charge in [0, 0.05) is 27.1 Å². The molecule has 7 heteroatoms. The quantitative estimate of drug-likeness (QED) is 0.151. The predicted molar refractivity (Wildman–Crippen MR) is 108 cm³/mol. The summed E-state index contributed by atoms with van der Waals surface area (Å²) in [4.78, 5) is 15.4. The highest BCUT2D eigenvalue weighted by Crippen LogP contribution is 2.36. The van der Waals surface area contributed by atoms with Crippen molar-refractivity contribution in [2.45, 2.75) is 13.8 Å². The number of hydrogen-bond acceptors (Lipinski definition) is 4. The second-order valence-electron chi connectivity index (χ2n) is 6.39. The van der Waals surface area contributed by atoms with E-state index in [4.69, 9.17) is 15.0 Å². The van der Waals surface area contributed by atoms with E-state index in [1.54, 1.807) is 20.1 Å². The summed E-state index contributed by atoms with van der Waals surface area (Å²) < 4.78 is 12.6. The van der Waals surface area contributed by atoms with E-state index in [0.29, 0.717) is 17.9 Å². The summed E-state index contributed by atoms with van der Waals surface area (Å²) in [5, 5.41) is 6.69. The molecule has 4 rings (SSSR count). The molecule has 0 amide bonds. The van der Waals surface area contributed by atoms with E-state index in [1.165, 1.54) is 0 Å². The monoisotopic (exact) mass is 374 g/mol. The molecule has 2 heterocycles. The van der Waals surface area contributed by atoms with Crippen LogP contribution in [0.15, 0.2) is 47.6 Å². The van der Waals surface area contributed by atoms with Crippen LogP contribution in [-0.4, -0.2) is 24.1 Å². The number of rotatable bonds is 4. The zero-order chi connectivity index (χ0) is 19.8. The Labute approximate surface area is 160 Å². The molecule has 0 aliphatic carbocycles. The van der Waals surface area contributed by atoms with Crippen LogP contribution in [0, 0.1) is 6.92 Å². The van der Waals surface area contributed by atoms with Crippen molar-refractivity contribution in [3.05, 3.63) is 64.2 Å². The standard InChI is InChI=1S/C21H18N4O3/c1-4-28-21(26)17-11-20-18-10-14(27-3)6-8-15(18)16-7-5-13(23-24-22)9-19(16)25(20)12(17)2/h5-11H,4H2,1-3H3. The van der Waals surface area contributed by atoms with Crippen LogP contribution in [0.1, 0.15) is 23.0 Å². The third-order valence-electron chi connectivity index (χ3n) is 4.92. The van der Waals surface area contributed by atoms with Crippen molar-refractivity contribution in [3.63, 3.8) is 0 Å². The zero-order valence-electron chi connectivity index (χ0n) is 15.8. The van der Waals surface area contributed by atoms with Crippen molar-refractivity contribution in [2.24, 2.45) is 5.11 Å². The van der Waals surface area contributed by atoms with E-state index < -0.39 is 0 Å². The summed E-state index contributed by atoms with van der Waals surface area (Å²) in [7, 11) is 1.62. The summed E-state index contributed by atoms with van der Waals surface area (Å²) >= 11 is 0. The number of carbonyl (C=O) groups excluding carboxylic acids is 1. The second kappa shape index (κ2) is 6.79. The average Bonchev–Trinajstić information content (AvgIpc) is 3.06. The number of nitrogens with zero attached hydrogens (tertiary/aromatic N) is 4. The maximum atomic E-state index is 12.5. The maximum Gasteiger partial charge on any atom is 0.339 e. The second-order valence-corrected chi connectivity index (χ2v) is 6.39. The zero-order valence-corrected chi connectivity index (χ0v) is 15.8. The molecule has 28 heavy (non-hydrogen) atoms. The van der Waals surface area contributed by atoms with Gasteiger partial charge in [-0.25, -0.2) is 4.79 Å². The van der Waals surface area contributed by atoms with Crippen molar-refractivity contribution >= 4 is 38.8 Å². The minimum atomic E-state index is -0.362. The van der Waals surface area contributed by atoms with Crippen molar-refractivity contribution in [1.29, 1.82) is 0 Å². The first kappa shape index (κ1) is 17.7. The fraction of sp³-hybridized carbons (Fsp3) is 0.190. The molecule has 0 aliphatic heterocycles. The number of aryl methyl sites for hydroxylation is 1. The summed E-state index contributed by atoms with van der Waals surface area (Å²) in [5.74, 6) is 0.370. The minimum absolute atomic E-state index is 0.306. The summed E-state index contributed by atoms with van der Waals surface area (Å²) in [6, 6.07) is 13.2. The number of benzene rings is 2. The van der Waals surface area contributed by atoms with Gasteiger partial charge in [-0.05, 0) is 55.1 Å². The molecule has 7 nitrogen and oxygen atoms in total. The highest BCUT2D eigenvalue weighted by atomic mass is 16.5. The molecule has 2 aromatic carbocycles. The van der Waals surface area contributed by atoms with Crippen LogP contribution >= 0.6 is 0 Å². The Morgan fingerprint density at radius 2 is 1.86 bits per heavy atom. The summed E-state index contributed by atoms with van der Waals surface area (Å²) in [6.45, 7) is 3.97. The molecule has 0 saturated heterocycles. The Balaban J connectivity index is 2.21. The van der Waals surface area contributed by atoms with Crippen LogP contribution in [0.5, 0.6) is 5.75 Å². The van der Waals surface area contributed by atoms with E-state index in [1.807, 2.05) is 47.7 Å². The lowest BCUT2D eigenvalue weighted by molar-refractivity contribution is 0.0525. The highest BCUT2D eigenvalue weighted by Gasteiger charge is 2.19. The number of esters is 1. The van der Waals surface area contributed by atoms with Crippen molar-refractivity contribution in [1.82, 2.24) is 4.40 Å². The lowest BCUT2D eigenvalue weighted by Gasteiger charge is -2.12. The fourth-order valence-electron chi connectivity index (χ4n) is 3.67. The number of hydrogen-bond donors (Lipinski definition) is 0. The van der Waals surface area contributed by atoms with Gasteiger partial charge in [-0.1, -0.05) is 17.2 Å². The summed E-state index contributed by atoms with van der Waals surface area (Å²) in [5.41, 5.74) is 12.3. The van der Waals surface area contributed by atoms with E-state index in [2.05, 4.69) is 10.0 Å². The Bertz CT molecular complexity index is 1300. The Morgan fingerprint density at radius 1 is 1.11 bits per heavy atom. The van der Waals surface area contributed by atoms with E-state index in [0.717, 1.165) is 38.6 Å². The first-order valence-corrected chi connectivity index (χ1v) is 8.86.